The highest BCUT2D eigenvalue weighted by molar-refractivity contribution is 6.34. The average Bonchev–Trinajstić information content (AvgIpc) is 3.39. The van der Waals surface area contributed by atoms with E-state index in [1.54, 1.807) is 18.2 Å². The Labute approximate surface area is 147 Å². The Morgan fingerprint density at radius 2 is 1.92 bits per heavy atom. The van der Waals surface area contributed by atoms with Gasteiger partial charge in [0.05, 0.1) is 10.7 Å². The number of nitrogens with one attached hydrogen (secondary N) is 2. The van der Waals surface area contributed by atoms with Gasteiger partial charge >= 0.3 is 0 Å². The van der Waals surface area contributed by atoms with Gasteiger partial charge in [-0.3, -0.25) is 9.59 Å². The number of likely N-dealkylation sites (tertiary alicyclic amines) is 1. The van der Waals surface area contributed by atoms with E-state index < -0.39 is 0 Å². The zero-order valence-electron chi connectivity index (χ0n) is 14.0. The highest BCUT2D eigenvalue weighted by Gasteiger charge is 2.26. The van der Waals surface area contributed by atoms with E-state index in [2.05, 4.69) is 10.6 Å². The van der Waals surface area contributed by atoms with E-state index in [1.807, 2.05) is 4.90 Å². The predicted octanol–water partition coefficient (Wildman–Crippen LogP) is 2.90. The van der Waals surface area contributed by atoms with Crippen LogP contribution in [0.25, 0.3) is 0 Å². The first-order valence-corrected chi connectivity index (χ1v) is 9.00. The smallest absolute Gasteiger partial charge is 0.253 e. The number of carbonyl (C=O) groups excluding carboxylic acids is 2. The van der Waals surface area contributed by atoms with Gasteiger partial charge in [-0.25, -0.2) is 0 Å². The van der Waals surface area contributed by atoms with Crippen LogP contribution in [-0.2, 0) is 4.79 Å². The molecule has 2 fully saturated rings. The molecule has 6 heteroatoms. The summed E-state index contributed by atoms with van der Waals surface area (Å²) in [4.78, 5) is 25.6. The standard InChI is InChI=1S/C18H24ClN3O2/c1-12(23)21-17-5-4-14(10-16(17)19)18(24)22-8-6-15(7-9-22)20-11-13-2-3-13/h4-5,10,13,15,20H,2-3,6-9,11H2,1H3,(H,21,23). The molecular weight excluding hydrogens is 326 g/mol. The van der Waals surface area contributed by atoms with Crippen LogP contribution in [-0.4, -0.2) is 42.4 Å². The Bertz CT molecular complexity index is 623. The molecule has 1 aliphatic heterocycles. The van der Waals surface area contributed by atoms with Gasteiger partial charge in [0.1, 0.15) is 0 Å². The number of hydrogen-bond donors (Lipinski definition) is 2. The Morgan fingerprint density at radius 3 is 2.50 bits per heavy atom. The predicted molar refractivity (Wildman–Crippen MR) is 95.4 cm³/mol. The molecule has 0 spiro atoms. The number of carbonyl (C=O) groups is 2. The molecule has 1 aliphatic carbocycles. The molecule has 5 nitrogen and oxygen atoms in total. The van der Waals surface area contributed by atoms with Crippen molar-refractivity contribution in [1.29, 1.82) is 0 Å². The molecule has 1 saturated carbocycles. The van der Waals surface area contributed by atoms with Gasteiger partial charge < -0.3 is 15.5 Å². The molecule has 0 atom stereocenters. The summed E-state index contributed by atoms with van der Waals surface area (Å²) < 4.78 is 0. The molecule has 1 aromatic carbocycles. The second kappa shape index (κ2) is 7.53. The third-order valence-corrected chi connectivity index (χ3v) is 5.01. The molecule has 1 saturated heterocycles. The number of piperidine rings is 1. The van der Waals surface area contributed by atoms with Crippen LogP contribution < -0.4 is 10.6 Å². The summed E-state index contributed by atoms with van der Waals surface area (Å²) in [6.45, 7) is 4.09. The van der Waals surface area contributed by atoms with Crippen LogP contribution in [0, 0.1) is 5.92 Å². The molecule has 2 aliphatic rings. The van der Waals surface area contributed by atoms with Gasteiger partial charge in [0, 0.05) is 31.6 Å². The van der Waals surface area contributed by atoms with Crippen LogP contribution in [0.5, 0.6) is 0 Å². The van der Waals surface area contributed by atoms with Crippen LogP contribution in [0.15, 0.2) is 18.2 Å². The number of rotatable bonds is 5. The minimum atomic E-state index is -0.184. The Kier molecular flexibility index (Phi) is 5.41. The zero-order chi connectivity index (χ0) is 17.1. The van der Waals surface area contributed by atoms with Crippen LogP contribution in [0.4, 0.5) is 5.69 Å². The summed E-state index contributed by atoms with van der Waals surface area (Å²) in [5.74, 6) is 0.706. The first kappa shape index (κ1) is 17.2. The summed E-state index contributed by atoms with van der Waals surface area (Å²) in [5, 5.41) is 6.65. The quantitative estimate of drug-likeness (QED) is 0.859. The lowest BCUT2D eigenvalue weighted by Gasteiger charge is -2.32. The van der Waals surface area contributed by atoms with Gasteiger partial charge in [0.25, 0.3) is 5.91 Å². The largest absolute Gasteiger partial charge is 0.339 e. The van der Waals surface area contributed by atoms with Crippen molar-refractivity contribution in [2.24, 2.45) is 5.92 Å². The van der Waals surface area contributed by atoms with Crippen LogP contribution in [0.1, 0.15) is 43.0 Å². The van der Waals surface area contributed by atoms with Crippen molar-refractivity contribution in [1.82, 2.24) is 10.2 Å². The number of benzene rings is 1. The fourth-order valence-corrected chi connectivity index (χ4v) is 3.29. The molecule has 3 rings (SSSR count). The second-order valence-corrected chi connectivity index (χ2v) is 7.20. The highest BCUT2D eigenvalue weighted by atomic mass is 35.5. The van der Waals surface area contributed by atoms with E-state index in [1.165, 1.54) is 19.8 Å². The number of nitrogens with zero attached hydrogens (tertiary/aromatic N) is 1. The molecule has 0 bridgehead atoms. The van der Waals surface area contributed by atoms with Gasteiger partial charge in [-0.15, -0.1) is 0 Å². The van der Waals surface area contributed by atoms with Crippen molar-refractivity contribution in [3.8, 4) is 0 Å². The maximum atomic E-state index is 12.6. The summed E-state index contributed by atoms with van der Waals surface area (Å²) >= 11 is 6.16. The minimum absolute atomic E-state index is 0.00641. The van der Waals surface area contributed by atoms with E-state index in [9.17, 15) is 9.59 Å². The topological polar surface area (TPSA) is 61.4 Å². The van der Waals surface area contributed by atoms with E-state index >= 15 is 0 Å². The van der Waals surface area contributed by atoms with E-state index in [-0.39, 0.29) is 11.8 Å². The lowest BCUT2D eigenvalue weighted by molar-refractivity contribution is -0.114. The molecule has 0 radical (unpaired) electrons. The van der Waals surface area contributed by atoms with Crippen molar-refractivity contribution in [2.75, 3.05) is 25.0 Å². The normalized spacial score (nSPS) is 18.5. The monoisotopic (exact) mass is 349 g/mol. The van der Waals surface area contributed by atoms with Gasteiger partial charge in [-0.2, -0.15) is 0 Å². The third-order valence-electron chi connectivity index (χ3n) is 4.70. The average molecular weight is 350 g/mol. The fourth-order valence-electron chi connectivity index (χ4n) is 3.06. The van der Waals surface area contributed by atoms with Crippen molar-refractivity contribution < 1.29 is 9.59 Å². The first-order valence-electron chi connectivity index (χ1n) is 8.62. The van der Waals surface area contributed by atoms with Gasteiger partial charge in [0.15, 0.2) is 0 Å². The zero-order valence-corrected chi connectivity index (χ0v) is 14.7. The SMILES string of the molecule is CC(=O)Nc1ccc(C(=O)N2CCC(NCC3CC3)CC2)cc1Cl. The molecule has 24 heavy (non-hydrogen) atoms. The second-order valence-electron chi connectivity index (χ2n) is 6.79. The summed E-state index contributed by atoms with van der Waals surface area (Å²) in [6, 6.07) is 5.56. The summed E-state index contributed by atoms with van der Waals surface area (Å²) in [7, 11) is 0. The molecule has 2 amide bonds. The Hall–Kier alpha value is -1.59. The van der Waals surface area contributed by atoms with Gasteiger partial charge in [-0.05, 0) is 56.3 Å². The van der Waals surface area contributed by atoms with Crippen LogP contribution in [0.3, 0.4) is 0 Å². The fraction of sp³-hybridized carbons (Fsp3) is 0.556. The summed E-state index contributed by atoms with van der Waals surface area (Å²) in [6.07, 6.45) is 4.71. The molecule has 1 heterocycles. The number of hydrogen-bond acceptors (Lipinski definition) is 3. The number of anilines is 1. The lowest BCUT2D eigenvalue weighted by atomic mass is 10.0. The van der Waals surface area contributed by atoms with Crippen LogP contribution >= 0.6 is 11.6 Å². The highest BCUT2D eigenvalue weighted by Crippen LogP contribution is 2.28. The molecule has 0 unspecified atom stereocenters. The number of halogens is 1. The maximum absolute atomic E-state index is 12.6. The van der Waals surface area contributed by atoms with E-state index in [0.717, 1.165) is 38.4 Å². The molecule has 2 N–H and O–H groups in total. The minimum Gasteiger partial charge on any atom is -0.339 e. The van der Waals surface area contributed by atoms with Gasteiger partial charge in [-0.1, -0.05) is 11.6 Å². The van der Waals surface area contributed by atoms with Gasteiger partial charge in [0.2, 0.25) is 5.91 Å². The van der Waals surface area contributed by atoms with Crippen LogP contribution in [0.2, 0.25) is 5.02 Å². The maximum Gasteiger partial charge on any atom is 0.253 e. The van der Waals surface area contributed by atoms with Crippen molar-refractivity contribution >= 4 is 29.1 Å². The third kappa shape index (κ3) is 4.48. The van der Waals surface area contributed by atoms with E-state index in [4.69, 9.17) is 11.6 Å². The van der Waals surface area contributed by atoms with Crippen molar-refractivity contribution in [3.05, 3.63) is 28.8 Å². The lowest BCUT2D eigenvalue weighted by Crippen LogP contribution is -2.45. The molecular formula is C18H24ClN3O2. The Balaban J connectivity index is 1.54. The summed E-state index contributed by atoms with van der Waals surface area (Å²) in [5.41, 5.74) is 1.10. The van der Waals surface area contributed by atoms with E-state index in [0.29, 0.717) is 22.3 Å². The molecule has 130 valence electrons. The molecule has 1 aromatic rings. The Morgan fingerprint density at radius 1 is 1.21 bits per heavy atom. The molecule has 0 aromatic heterocycles. The van der Waals surface area contributed by atoms with Crippen molar-refractivity contribution in [2.45, 2.75) is 38.6 Å². The first-order chi connectivity index (χ1) is 11.5. The number of amides is 2. The van der Waals surface area contributed by atoms with Crippen molar-refractivity contribution in [3.63, 3.8) is 0 Å².